The van der Waals surface area contributed by atoms with E-state index in [0.717, 1.165) is 42.0 Å². The highest BCUT2D eigenvalue weighted by atomic mass is 32.2. The van der Waals surface area contributed by atoms with Crippen LogP contribution in [0.15, 0.2) is 78.1 Å². The van der Waals surface area contributed by atoms with Gasteiger partial charge in [-0.25, -0.2) is 0 Å². The maximum Gasteiger partial charge on any atom is 0.243 e. The Balaban J connectivity index is 1.50. The van der Waals surface area contributed by atoms with Crippen molar-refractivity contribution >= 4 is 65.0 Å². The van der Waals surface area contributed by atoms with Crippen molar-refractivity contribution < 1.29 is 38.4 Å². The number of amides is 8. The molecule has 0 bridgehead atoms. The quantitative estimate of drug-likeness (QED) is 0.0255. The first-order valence-electron chi connectivity index (χ1n) is 32.3. The van der Waals surface area contributed by atoms with E-state index in [-0.39, 0.29) is 102 Å². The van der Waals surface area contributed by atoms with Gasteiger partial charge >= 0.3 is 0 Å². The highest BCUT2D eigenvalue weighted by Crippen LogP contribution is 2.34. The smallest absolute Gasteiger partial charge is 0.243 e. The number of guanidine groups is 1. The van der Waals surface area contributed by atoms with Crippen LogP contribution in [-0.2, 0) is 38.4 Å². The zero-order valence-electron chi connectivity index (χ0n) is 53.8. The molecule has 0 spiro atoms. The molecular formula is C64H107N17O8S. The molecule has 4 rings (SSSR count). The van der Waals surface area contributed by atoms with Crippen LogP contribution < -0.4 is 55.7 Å². The van der Waals surface area contributed by atoms with Crippen molar-refractivity contribution in [2.45, 2.75) is 153 Å². The van der Waals surface area contributed by atoms with Gasteiger partial charge in [-0.05, 0) is 128 Å². The van der Waals surface area contributed by atoms with E-state index in [0.29, 0.717) is 121 Å². The summed E-state index contributed by atoms with van der Waals surface area (Å²) in [5.41, 5.74) is 36.2. The summed E-state index contributed by atoms with van der Waals surface area (Å²) in [6.07, 6.45) is 8.98. The summed E-state index contributed by atoms with van der Waals surface area (Å²) in [5, 5.41) is 13.2. The van der Waals surface area contributed by atoms with E-state index in [4.69, 9.17) is 34.4 Å². The summed E-state index contributed by atoms with van der Waals surface area (Å²) < 4.78 is 0. The SMILES string of the molecule is C=C1N[C@H]2CSC(CCCCC(=O)NCCCC[C@H](NC(=O)CN(CCN(CCCCN)C(=O)CN(C(=O)CN(CCCCN=C(N)N)C(=O)CN(CCCCN)C(=O)CN(CCCCN)C(C)=O)[C@@H](C)c3ccccc3)[C@@H](C)c3ccccc3)C(N)=O)[C@H]2N1. The normalized spacial score (nSPS) is 15.9. The van der Waals surface area contributed by atoms with Gasteiger partial charge in [0.15, 0.2) is 5.96 Å². The first-order valence-corrected chi connectivity index (χ1v) is 33.4. The molecule has 2 fully saturated rings. The summed E-state index contributed by atoms with van der Waals surface area (Å²) in [7, 11) is 0. The summed E-state index contributed by atoms with van der Waals surface area (Å²) in [6, 6.07) is 17.7. The molecule has 2 heterocycles. The Morgan fingerprint density at radius 3 is 1.72 bits per heavy atom. The molecule has 26 heteroatoms. The van der Waals surface area contributed by atoms with E-state index in [1.54, 1.807) is 4.90 Å². The molecule has 16 N–H and O–H groups in total. The van der Waals surface area contributed by atoms with Crippen LogP contribution in [0.25, 0.3) is 0 Å². The maximum absolute atomic E-state index is 15.1. The number of primary amides is 1. The molecule has 2 aliphatic rings. The van der Waals surface area contributed by atoms with Crippen LogP contribution in [0.1, 0.15) is 140 Å². The fourth-order valence-electron chi connectivity index (χ4n) is 11.1. The first kappa shape index (κ1) is 75.5. The molecule has 2 aliphatic heterocycles. The van der Waals surface area contributed by atoms with E-state index >= 15 is 9.59 Å². The van der Waals surface area contributed by atoms with E-state index in [1.807, 2.05) is 91.2 Å². The maximum atomic E-state index is 15.1. The van der Waals surface area contributed by atoms with Crippen LogP contribution in [0.4, 0.5) is 0 Å². The molecule has 25 nitrogen and oxygen atoms in total. The third-order valence-corrected chi connectivity index (χ3v) is 18.1. The Labute approximate surface area is 538 Å². The molecule has 2 saturated heterocycles. The van der Waals surface area contributed by atoms with Gasteiger partial charge in [-0.3, -0.25) is 48.2 Å². The predicted octanol–water partition coefficient (Wildman–Crippen LogP) is 1.58. The molecule has 0 saturated carbocycles. The molecule has 6 atom stereocenters. The van der Waals surface area contributed by atoms with Crippen molar-refractivity contribution in [3.05, 3.63) is 84.2 Å². The van der Waals surface area contributed by atoms with Crippen LogP contribution in [0.2, 0.25) is 0 Å². The minimum absolute atomic E-state index is 0.0181. The van der Waals surface area contributed by atoms with Crippen LogP contribution in [0, 0.1) is 0 Å². The largest absolute Gasteiger partial charge is 0.370 e. The average Bonchev–Trinajstić information content (AvgIpc) is 2.37. The van der Waals surface area contributed by atoms with Gasteiger partial charge in [-0.15, -0.1) is 0 Å². The topological polar surface area (TPSA) is 373 Å². The first-order chi connectivity index (χ1) is 43.3. The number of nitrogens with one attached hydrogen (secondary N) is 4. The number of carbonyl (C=O) groups is 8. The number of thioether (sulfide) groups is 1. The van der Waals surface area contributed by atoms with Crippen molar-refractivity contribution in [2.75, 3.05) is 110 Å². The third-order valence-electron chi connectivity index (χ3n) is 16.6. The second kappa shape index (κ2) is 42.1. The molecule has 0 radical (unpaired) electrons. The van der Waals surface area contributed by atoms with Crippen molar-refractivity contribution in [3.8, 4) is 0 Å². The minimum atomic E-state index is -0.958. The summed E-state index contributed by atoms with van der Waals surface area (Å²) in [4.78, 5) is 124. The second-order valence-electron chi connectivity index (χ2n) is 23.5. The standard InChI is InChI=1S/C64H107N17O8S/c1-47(51-23-7-5-8-24-51)77(41-57(84)75-53(63(68)89)27-13-17-33-71-56(83)29-12-11-28-55-62-54(46-90-55)73-49(3)74-62)40-39-76(35-19-14-30-65)60(87)45-81(48(2)52-25-9-6-10-26-52)61(88)44-80(38-22-18-34-72-64(69)70)59(86)43-79(37-21-16-32-67)58(85)42-78(50(4)82)36-20-15-31-66/h5-10,23-26,47-48,53-55,62,73-74H,3,11-22,27-46,65-67H2,1-2,4H3,(H2,68,89)(H,71,83)(H,75,84)(H4,69,70,72)/t47-,48-,53-,54-,55?,62-/m0/s1. The molecule has 8 amide bonds. The number of nitrogens with zero attached hydrogens (tertiary/aromatic N) is 7. The summed E-state index contributed by atoms with van der Waals surface area (Å²) in [6.45, 7) is 10.8. The number of hydrogen-bond acceptors (Lipinski definition) is 16. The number of unbranched alkanes of at least 4 members (excludes halogenated alkanes) is 6. The van der Waals surface area contributed by atoms with Gasteiger partial charge in [0.05, 0.1) is 50.1 Å². The van der Waals surface area contributed by atoms with Gasteiger partial charge in [-0.2, -0.15) is 11.8 Å². The van der Waals surface area contributed by atoms with Crippen LogP contribution in [-0.4, -0.2) is 216 Å². The van der Waals surface area contributed by atoms with E-state index < -0.39 is 48.2 Å². The van der Waals surface area contributed by atoms with Crippen molar-refractivity contribution in [2.24, 2.45) is 39.4 Å². The molecule has 2 aromatic rings. The highest BCUT2D eigenvalue weighted by molar-refractivity contribution is 8.00. The van der Waals surface area contributed by atoms with Gasteiger partial charge in [-0.1, -0.05) is 73.7 Å². The lowest BCUT2D eigenvalue weighted by Crippen LogP contribution is -2.52. The number of fused-ring (bicyclic) bond motifs is 1. The predicted molar refractivity (Wildman–Crippen MR) is 355 cm³/mol. The van der Waals surface area contributed by atoms with E-state index in [2.05, 4.69) is 32.8 Å². The third kappa shape index (κ3) is 27.6. The molecule has 1 unspecified atom stereocenters. The van der Waals surface area contributed by atoms with Crippen molar-refractivity contribution in [1.82, 2.24) is 50.7 Å². The summed E-state index contributed by atoms with van der Waals surface area (Å²) >= 11 is 1.96. The van der Waals surface area contributed by atoms with Crippen LogP contribution >= 0.6 is 11.8 Å². The Hall–Kier alpha value is -7.00. The highest BCUT2D eigenvalue weighted by Gasteiger charge is 2.40. The van der Waals surface area contributed by atoms with Gasteiger partial charge in [0.1, 0.15) is 12.6 Å². The molecule has 502 valence electrons. The van der Waals surface area contributed by atoms with Crippen molar-refractivity contribution in [1.29, 1.82) is 0 Å². The number of rotatable bonds is 46. The minimum Gasteiger partial charge on any atom is -0.370 e. The van der Waals surface area contributed by atoms with Gasteiger partial charge < -0.3 is 80.2 Å². The second-order valence-corrected chi connectivity index (χ2v) is 24.8. The fraction of sp³-hybridized carbons (Fsp3) is 0.641. The monoisotopic (exact) mass is 1270 g/mol. The average molecular weight is 1270 g/mol. The number of carbonyl (C=O) groups excluding carboxylic acids is 8. The van der Waals surface area contributed by atoms with Gasteiger partial charge in [0.2, 0.25) is 47.3 Å². The van der Waals surface area contributed by atoms with Crippen LogP contribution in [0.3, 0.4) is 0 Å². The van der Waals surface area contributed by atoms with Crippen molar-refractivity contribution in [3.63, 3.8) is 0 Å². The lowest BCUT2D eigenvalue weighted by Gasteiger charge is -2.35. The molecular weight excluding hydrogens is 1170 g/mol. The molecule has 2 aromatic carbocycles. The molecule has 0 aromatic heterocycles. The zero-order chi connectivity index (χ0) is 65.8. The number of hydrogen-bond donors (Lipinski definition) is 10. The number of nitrogens with two attached hydrogens (primary N) is 6. The lowest BCUT2D eigenvalue weighted by atomic mass is 10.0. The van der Waals surface area contributed by atoms with Gasteiger partial charge in [0.25, 0.3) is 0 Å². The number of benzene rings is 2. The number of aliphatic imine (C=N–C) groups is 1. The molecule has 0 aliphatic carbocycles. The lowest BCUT2D eigenvalue weighted by molar-refractivity contribution is -0.148. The fourth-order valence-corrected chi connectivity index (χ4v) is 12.7. The van der Waals surface area contributed by atoms with E-state index in [1.165, 1.54) is 26.5 Å². The summed E-state index contributed by atoms with van der Waals surface area (Å²) in [5.74, 6) is -1.40. The Morgan fingerprint density at radius 2 is 1.14 bits per heavy atom. The Kier molecular flexibility index (Phi) is 35.3. The van der Waals surface area contributed by atoms with Crippen LogP contribution in [0.5, 0.6) is 0 Å². The zero-order valence-corrected chi connectivity index (χ0v) is 54.7. The Bertz CT molecular complexity index is 2570. The van der Waals surface area contributed by atoms with Gasteiger partial charge in [0, 0.05) is 82.7 Å². The van der Waals surface area contributed by atoms with E-state index in [9.17, 15) is 28.8 Å². The Morgan fingerprint density at radius 1 is 0.600 bits per heavy atom. The molecule has 90 heavy (non-hydrogen) atoms.